The molecular formula is C11H17N5. The molecular weight excluding hydrogens is 202 g/mol. The van der Waals surface area contributed by atoms with Crippen LogP contribution in [0.2, 0.25) is 0 Å². The number of rotatable bonds is 5. The fourth-order valence-electron chi connectivity index (χ4n) is 1.69. The highest BCUT2D eigenvalue weighted by Crippen LogP contribution is 2.12. The van der Waals surface area contributed by atoms with Gasteiger partial charge in [0, 0.05) is 25.0 Å². The number of hydrogen-bond acceptors (Lipinski definition) is 4. The van der Waals surface area contributed by atoms with Gasteiger partial charge in [-0.3, -0.25) is 0 Å². The molecule has 0 aliphatic rings. The van der Waals surface area contributed by atoms with Crippen molar-refractivity contribution < 1.29 is 0 Å². The number of aromatic nitrogens is 3. The maximum absolute atomic E-state index is 5.94. The van der Waals surface area contributed by atoms with Gasteiger partial charge < -0.3 is 11.1 Å². The van der Waals surface area contributed by atoms with E-state index in [-0.39, 0.29) is 6.04 Å². The number of anilines is 1. The lowest BCUT2D eigenvalue weighted by Crippen LogP contribution is -2.29. The summed E-state index contributed by atoms with van der Waals surface area (Å²) in [6, 6.07) is 2.11. The first-order valence-electron chi connectivity index (χ1n) is 5.59. The molecule has 0 fully saturated rings. The summed E-state index contributed by atoms with van der Waals surface area (Å²) in [7, 11) is 0. The van der Waals surface area contributed by atoms with E-state index in [0.717, 1.165) is 30.7 Å². The molecule has 86 valence electrons. The van der Waals surface area contributed by atoms with Crippen molar-refractivity contribution in [2.75, 3.05) is 11.9 Å². The van der Waals surface area contributed by atoms with Crippen LogP contribution >= 0.6 is 0 Å². The van der Waals surface area contributed by atoms with Crippen molar-refractivity contribution in [3.8, 4) is 0 Å². The van der Waals surface area contributed by atoms with Crippen LogP contribution in [0, 0.1) is 0 Å². The van der Waals surface area contributed by atoms with Crippen molar-refractivity contribution in [2.24, 2.45) is 5.73 Å². The van der Waals surface area contributed by atoms with Crippen molar-refractivity contribution in [2.45, 2.75) is 25.8 Å². The second-order valence-corrected chi connectivity index (χ2v) is 3.87. The summed E-state index contributed by atoms with van der Waals surface area (Å²) in [5.74, 6) is 0.839. The van der Waals surface area contributed by atoms with Gasteiger partial charge in [-0.2, -0.15) is 5.10 Å². The van der Waals surface area contributed by atoms with Crippen molar-refractivity contribution >= 4 is 11.3 Å². The van der Waals surface area contributed by atoms with E-state index >= 15 is 0 Å². The fraction of sp³-hybridized carbons (Fsp3) is 0.455. The lowest BCUT2D eigenvalue weighted by molar-refractivity contribution is 0.626. The Labute approximate surface area is 94.7 Å². The second kappa shape index (κ2) is 4.94. The number of hydrogen-bond donors (Lipinski definition) is 2. The smallest absolute Gasteiger partial charge is 0.152 e. The predicted octanol–water partition coefficient (Wildman–Crippen LogP) is 1.27. The van der Waals surface area contributed by atoms with Gasteiger partial charge in [0.05, 0.1) is 6.20 Å². The third-order valence-electron chi connectivity index (χ3n) is 2.52. The van der Waals surface area contributed by atoms with Gasteiger partial charge in [-0.25, -0.2) is 9.50 Å². The Bertz CT molecular complexity index is 450. The summed E-state index contributed by atoms with van der Waals surface area (Å²) in [5.41, 5.74) is 6.92. The van der Waals surface area contributed by atoms with E-state index in [2.05, 4.69) is 22.3 Å². The minimum Gasteiger partial charge on any atom is -0.367 e. The lowest BCUT2D eigenvalue weighted by Gasteiger charge is -2.12. The number of nitrogens with one attached hydrogen (secondary N) is 1. The Balaban J connectivity index is 2.06. The highest BCUT2D eigenvalue weighted by atomic mass is 15.2. The van der Waals surface area contributed by atoms with Gasteiger partial charge in [0.1, 0.15) is 5.52 Å². The number of nitrogens with two attached hydrogens (primary N) is 1. The molecule has 16 heavy (non-hydrogen) atoms. The molecule has 1 unspecified atom stereocenters. The monoisotopic (exact) mass is 219 g/mol. The standard InChI is InChI=1S/C11H17N5/c1-2-3-9(12)8-14-11-10-4-5-15-16(10)7-6-13-11/h4-7,9H,2-3,8,12H2,1H3,(H,13,14). The molecule has 5 nitrogen and oxygen atoms in total. The molecule has 0 aromatic carbocycles. The summed E-state index contributed by atoms with van der Waals surface area (Å²) in [5, 5.41) is 7.41. The third-order valence-corrected chi connectivity index (χ3v) is 2.52. The third kappa shape index (κ3) is 2.30. The maximum atomic E-state index is 5.94. The minimum absolute atomic E-state index is 0.176. The number of nitrogens with zero attached hydrogens (tertiary/aromatic N) is 3. The molecule has 0 saturated carbocycles. The summed E-state index contributed by atoms with van der Waals surface area (Å²) in [6.07, 6.45) is 7.44. The van der Waals surface area contributed by atoms with Gasteiger partial charge in [0.15, 0.2) is 5.82 Å². The molecule has 5 heteroatoms. The molecule has 0 amide bonds. The van der Waals surface area contributed by atoms with Crippen LogP contribution in [0.1, 0.15) is 19.8 Å². The molecule has 2 rings (SSSR count). The molecule has 3 N–H and O–H groups in total. The highest BCUT2D eigenvalue weighted by Gasteiger charge is 2.05. The van der Waals surface area contributed by atoms with E-state index in [9.17, 15) is 0 Å². The number of fused-ring (bicyclic) bond motifs is 1. The van der Waals surface area contributed by atoms with Crippen molar-refractivity contribution in [1.82, 2.24) is 14.6 Å². The van der Waals surface area contributed by atoms with Crippen LogP contribution in [0.25, 0.3) is 5.52 Å². The van der Waals surface area contributed by atoms with Gasteiger partial charge >= 0.3 is 0 Å². The van der Waals surface area contributed by atoms with Gasteiger partial charge in [0.2, 0.25) is 0 Å². The molecule has 2 heterocycles. The molecule has 0 bridgehead atoms. The van der Waals surface area contributed by atoms with Crippen LogP contribution in [0.3, 0.4) is 0 Å². The Morgan fingerprint density at radius 3 is 3.19 bits per heavy atom. The Morgan fingerprint density at radius 1 is 1.50 bits per heavy atom. The summed E-state index contributed by atoms with van der Waals surface area (Å²) in [4.78, 5) is 4.28. The van der Waals surface area contributed by atoms with Crippen LogP contribution < -0.4 is 11.1 Å². The van der Waals surface area contributed by atoms with Crippen LogP contribution in [0.5, 0.6) is 0 Å². The average Bonchev–Trinajstić information content (AvgIpc) is 2.75. The Morgan fingerprint density at radius 2 is 2.38 bits per heavy atom. The second-order valence-electron chi connectivity index (χ2n) is 3.87. The van der Waals surface area contributed by atoms with Gasteiger partial charge in [-0.15, -0.1) is 0 Å². The normalized spacial score (nSPS) is 12.9. The zero-order valence-electron chi connectivity index (χ0n) is 9.43. The Hall–Kier alpha value is -1.62. The average molecular weight is 219 g/mol. The zero-order valence-corrected chi connectivity index (χ0v) is 9.43. The zero-order chi connectivity index (χ0) is 11.4. The van der Waals surface area contributed by atoms with Crippen LogP contribution in [-0.2, 0) is 0 Å². The van der Waals surface area contributed by atoms with E-state index < -0.39 is 0 Å². The summed E-state index contributed by atoms with van der Waals surface area (Å²) < 4.78 is 1.79. The first kappa shape index (κ1) is 10.9. The van der Waals surface area contributed by atoms with E-state index in [1.54, 1.807) is 16.9 Å². The van der Waals surface area contributed by atoms with E-state index in [4.69, 9.17) is 5.73 Å². The molecule has 0 radical (unpaired) electrons. The van der Waals surface area contributed by atoms with Gasteiger partial charge in [-0.05, 0) is 12.5 Å². The SMILES string of the molecule is CCCC(N)CNc1nccn2nccc12. The van der Waals surface area contributed by atoms with Crippen molar-refractivity contribution in [3.63, 3.8) is 0 Å². The van der Waals surface area contributed by atoms with Crippen molar-refractivity contribution in [3.05, 3.63) is 24.7 Å². The summed E-state index contributed by atoms with van der Waals surface area (Å²) in [6.45, 7) is 2.88. The van der Waals surface area contributed by atoms with Crippen molar-refractivity contribution in [1.29, 1.82) is 0 Å². The topological polar surface area (TPSA) is 68.2 Å². The molecule has 1 atom stereocenters. The minimum atomic E-state index is 0.176. The summed E-state index contributed by atoms with van der Waals surface area (Å²) >= 11 is 0. The van der Waals surface area contributed by atoms with E-state index in [1.165, 1.54) is 0 Å². The molecule has 0 aliphatic carbocycles. The fourth-order valence-corrected chi connectivity index (χ4v) is 1.69. The van der Waals surface area contributed by atoms with Gasteiger partial charge in [0.25, 0.3) is 0 Å². The molecule has 0 aliphatic heterocycles. The van der Waals surface area contributed by atoms with Crippen LogP contribution in [0.4, 0.5) is 5.82 Å². The van der Waals surface area contributed by atoms with Crippen LogP contribution in [0.15, 0.2) is 24.7 Å². The highest BCUT2D eigenvalue weighted by molar-refractivity contribution is 5.66. The van der Waals surface area contributed by atoms with Crippen LogP contribution in [-0.4, -0.2) is 27.2 Å². The maximum Gasteiger partial charge on any atom is 0.152 e. The first-order valence-corrected chi connectivity index (χ1v) is 5.59. The van der Waals surface area contributed by atoms with E-state index in [0.29, 0.717) is 0 Å². The predicted molar refractivity (Wildman–Crippen MR) is 64.4 cm³/mol. The first-order chi connectivity index (χ1) is 7.81. The molecule has 2 aromatic heterocycles. The van der Waals surface area contributed by atoms with E-state index in [1.807, 2.05) is 12.3 Å². The Kier molecular flexibility index (Phi) is 3.36. The lowest BCUT2D eigenvalue weighted by atomic mass is 10.2. The quantitative estimate of drug-likeness (QED) is 0.794. The largest absolute Gasteiger partial charge is 0.367 e. The molecule has 0 saturated heterocycles. The molecule has 0 spiro atoms. The van der Waals surface area contributed by atoms with Gasteiger partial charge in [-0.1, -0.05) is 13.3 Å². The molecule has 2 aromatic rings.